The maximum absolute atomic E-state index is 8.45. The summed E-state index contributed by atoms with van der Waals surface area (Å²) >= 11 is 0. The normalized spacial score (nSPS) is 11.5. The van der Waals surface area contributed by atoms with Crippen LogP contribution in [0.2, 0.25) is 0 Å². The van der Waals surface area contributed by atoms with Crippen LogP contribution in [-0.4, -0.2) is 20.8 Å². The second kappa shape index (κ2) is 2.90. The number of pyridine rings is 1. The Labute approximate surface area is 75.1 Å². The van der Waals surface area contributed by atoms with Crippen LogP contribution in [0.25, 0.3) is 5.65 Å². The minimum Gasteiger partial charge on any atom is -0.411 e. The van der Waals surface area contributed by atoms with E-state index in [4.69, 9.17) is 5.21 Å². The minimum absolute atomic E-state index is 0.804. The van der Waals surface area contributed by atoms with E-state index in [1.54, 1.807) is 0 Å². The molecule has 2 aromatic heterocycles. The number of hydrogen-bond acceptors (Lipinski definition) is 3. The summed E-state index contributed by atoms with van der Waals surface area (Å²) in [6.07, 6.45) is 3.27. The fourth-order valence-corrected chi connectivity index (χ4v) is 1.34. The van der Waals surface area contributed by atoms with Crippen molar-refractivity contribution < 1.29 is 5.21 Å². The van der Waals surface area contributed by atoms with Crippen molar-refractivity contribution >= 4 is 11.9 Å². The monoisotopic (exact) mass is 175 g/mol. The van der Waals surface area contributed by atoms with E-state index in [0.29, 0.717) is 0 Å². The fourth-order valence-electron chi connectivity index (χ4n) is 1.34. The Kier molecular flexibility index (Phi) is 1.73. The third-order valence-electron chi connectivity index (χ3n) is 1.93. The number of imidazole rings is 1. The number of hydrogen-bond donors (Lipinski definition) is 1. The van der Waals surface area contributed by atoms with Gasteiger partial charge in [-0.3, -0.25) is 4.40 Å². The van der Waals surface area contributed by atoms with Crippen molar-refractivity contribution in [1.82, 2.24) is 9.38 Å². The molecule has 4 nitrogen and oxygen atoms in total. The van der Waals surface area contributed by atoms with Crippen molar-refractivity contribution in [3.8, 4) is 0 Å². The number of aromatic nitrogens is 2. The molecule has 0 bridgehead atoms. The summed E-state index contributed by atoms with van der Waals surface area (Å²) in [5, 5.41) is 11.5. The molecule has 0 fully saturated rings. The zero-order valence-electron chi connectivity index (χ0n) is 7.18. The van der Waals surface area contributed by atoms with Gasteiger partial charge >= 0.3 is 0 Å². The predicted molar refractivity (Wildman–Crippen MR) is 49.3 cm³/mol. The SMILES string of the molecule is Cc1nc2ccccn2c1/C=N/O. The summed E-state index contributed by atoms with van der Waals surface area (Å²) in [5.41, 5.74) is 2.51. The lowest BCUT2D eigenvalue weighted by atomic mass is 10.4. The first kappa shape index (κ1) is 7.79. The Hall–Kier alpha value is -1.84. The predicted octanol–water partition coefficient (Wildman–Crippen LogP) is 1.45. The number of nitrogens with zero attached hydrogens (tertiary/aromatic N) is 3. The molecule has 0 radical (unpaired) electrons. The highest BCUT2D eigenvalue weighted by atomic mass is 16.4. The van der Waals surface area contributed by atoms with Gasteiger partial charge in [-0.1, -0.05) is 11.2 Å². The Morgan fingerprint density at radius 1 is 1.54 bits per heavy atom. The topological polar surface area (TPSA) is 49.9 Å². The summed E-state index contributed by atoms with van der Waals surface area (Å²) in [5.74, 6) is 0. The third kappa shape index (κ3) is 1.16. The van der Waals surface area contributed by atoms with Crippen molar-refractivity contribution in [1.29, 1.82) is 0 Å². The molecule has 0 aromatic carbocycles. The van der Waals surface area contributed by atoms with E-state index in [9.17, 15) is 0 Å². The zero-order chi connectivity index (χ0) is 9.26. The van der Waals surface area contributed by atoms with Gasteiger partial charge in [0, 0.05) is 6.20 Å². The molecule has 0 aliphatic heterocycles. The van der Waals surface area contributed by atoms with Crippen molar-refractivity contribution in [2.75, 3.05) is 0 Å². The fraction of sp³-hybridized carbons (Fsp3) is 0.111. The van der Waals surface area contributed by atoms with E-state index >= 15 is 0 Å². The van der Waals surface area contributed by atoms with Crippen LogP contribution in [0.3, 0.4) is 0 Å². The number of aryl methyl sites for hydroxylation is 1. The van der Waals surface area contributed by atoms with Gasteiger partial charge in [0.05, 0.1) is 17.6 Å². The summed E-state index contributed by atoms with van der Waals surface area (Å²) in [4.78, 5) is 4.29. The van der Waals surface area contributed by atoms with Gasteiger partial charge in [-0.25, -0.2) is 4.98 Å². The quantitative estimate of drug-likeness (QED) is 0.405. The van der Waals surface area contributed by atoms with Crippen molar-refractivity contribution in [3.63, 3.8) is 0 Å². The second-order valence-electron chi connectivity index (χ2n) is 2.76. The largest absolute Gasteiger partial charge is 0.411 e. The van der Waals surface area contributed by atoms with E-state index in [1.807, 2.05) is 35.7 Å². The molecule has 2 rings (SSSR count). The summed E-state index contributed by atoms with van der Waals surface area (Å²) in [7, 11) is 0. The van der Waals surface area contributed by atoms with Crippen LogP contribution < -0.4 is 0 Å². The number of rotatable bonds is 1. The molecule has 0 aliphatic carbocycles. The first-order valence-corrected chi connectivity index (χ1v) is 3.94. The maximum atomic E-state index is 8.45. The lowest BCUT2D eigenvalue weighted by Crippen LogP contribution is -1.91. The first-order chi connectivity index (χ1) is 6.33. The van der Waals surface area contributed by atoms with E-state index in [0.717, 1.165) is 17.0 Å². The Balaban J connectivity index is 2.78. The third-order valence-corrected chi connectivity index (χ3v) is 1.93. The van der Waals surface area contributed by atoms with E-state index in [1.165, 1.54) is 6.21 Å². The van der Waals surface area contributed by atoms with Crippen molar-refractivity contribution in [3.05, 3.63) is 35.8 Å². The molecule has 0 aliphatic rings. The molecule has 0 spiro atoms. The second-order valence-corrected chi connectivity index (χ2v) is 2.76. The molecule has 0 saturated heterocycles. The number of oxime groups is 1. The molecule has 0 amide bonds. The number of fused-ring (bicyclic) bond motifs is 1. The van der Waals surface area contributed by atoms with Crippen LogP contribution >= 0.6 is 0 Å². The summed E-state index contributed by atoms with van der Waals surface area (Å²) < 4.78 is 1.87. The van der Waals surface area contributed by atoms with E-state index in [-0.39, 0.29) is 0 Å². The Morgan fingerprint density at radius 2 is 2.38 bits per heavy atom. The minimum atomic E-state index is 0.804. The maximum Gasteiger partial charge on any atom is 0.137 e. The highest BCUT2D eigenvalue weighted by Crippen LogP contribution is 2.08. The van der Waals surface area contributed by atoms with Gasteiger partial charge in [0.2, 0.25) is 0 Å². The molecule has 4 heteroatoms. The van der Waals surface area contributed by atoms with Gasteiger partial charge in [0.1, 0.15) is 5.65 Å². The van der Waals surface area contributed by atoms with Gasteiger partial charge in [0.25, 0.3) is 0 Å². The van der Waals surface area contributed by atoms with Crippen LogP contribution in [0, 0.1) is 6.92 Å². The van der Waals surface area contributed by atoms with E-state index < -0.39 is 0 Å². The Morgan fingerprint density at radius 3 is 3.15 bits per heavy atom. The molecule has 66 valence electrons. The van der Waals surface area contributed by atoms with Crippen LogP contribution in [-0.2, 0) is 0 Å². The molecule has 2 aromatic rings. The molecule has 0 saturated carbocycles. The lowest BCUT2D eigenvalue weighted by Gasteiger charge is -1.93. The van der Waals surface area contributed by atoms with Gasteiger partial charge in [-0.05, 0) is 19.1 Å². The molecule has 2 heterocycles. The van der Waals surface area contributed by atoms with Crippen molar-refractivity contribution in [2.24, 2.45) is 5.16 Å². The smallest absolute Gasteiger partial charge is 0.137 e. The van der Waals surface area contributed by atoms with Crippen LogP contribution in [0.5, 0.6) is 0 Å². The molecule has 0 unspecified atom stereocenters. The summed E-state index contributed by atoms with van der Waals surface area (Å²) in [6, 6.07) is 5.73. The molecule has 13 heavy (non-hydrogen) atoms. The standard InChI is InChI=1S/C9H9N3O/c1-7-8(6-10-13)12-5-3-2-4-9(12)11-7/h2-6,13H,1H3/b10-6+. The highest BCUT2D eigenvalue weighted by Gasteiger charge is 2.04. The first-order valence-electron chi connectivity index (χ1n) is 3.94. The van der Waals surface area contributed by atoms with E-state index in [2.05, 4.69) is 10.1 Å². The van der Waals surface area contributed by atoms with Gasteiger partial charge in [-0.15, -0.1) is 0 Å². The molecule has 1 N–H and O–H groups in total. The average molecular weight is 175 g/mol. The lowest BCUT2D eigenvalue weighted by molar-refractivity contribution is 0.321. The van der Waals surface area contributed by atoms with Gasteiger partial charge < -0.3 is 5.21 Å². The molecular formula is C9H9N3O. The van der Waals surface area contributed by atoms with Gasteiger partial charge in [-0.2, -0.15) is 0 Å². The van der Waals surface area contributed by atoms with Crippen molar-refractivity contribution in [2.45, 2.75) is 6.92 Å². The highest BCUT2D eigenvalue weighted by molar-refractivity contribution is 5.80. The Bertz CT molecular complexity index is 459. The molecular weight excluding hydrogens is 166 g/mol. The summed E-state index contributed by atoms with van der Waals surface area (Å²) in [6.45, 7) is 1.88. The van der Waals surface area contributed by atoms with Crippen LogP contribution in [0.4, 0.5) is 0 Å². The average Bonchev–Trinajstić information content (AvgIpc) is 2.44. The van der Waals surface area contributed by atoms with Gasteiger partial charge in [0.15, 0.2) is 0 Å². The van der Waals surface area contributed by atoms with Crippen LogP contribution in [0.1, 0.15) is 11.4 Å². The van der Waals surface area contributed by atoms with Crippen LogP contribution in [0.15, 0.2) is 29.6 Å². The zero-order valence-corrected chi connectivity index (χ0v) is 7.18. The molecule has 0 atom stereocenters.